The second kappa shape index (κ2) is 9.65. The van der Waals surface area contributed by atoms with Gasteiger partial charge in [0.15, 0.2) is 5.82 Å². The maximum atomic E-state index is 15.0. The lowest BCUT2D eigenvalue weighted by Crippen LogP contribution is -2.30. The molecule has 0 fully saturated rings. The molecule has 1 aliphatic rings. The molecule has 0 bridgehead atoms. The van der Waals surface area contributed by atoms with Gasteiger partial charge in [-0.3, -0.25) is 4.79 Å². The number of nitrogens with one attached hydrogen (secondary N) is 2. The maximum absolute atomic E-state index is 15.0. The lowest BCUT2D eigenvalue weighted by Gasteiger charge is -2.34. The van der Waals surface area contributed by atoms with Crippen LogP contribution in [0.4, 0.5) is 32.0 Å². The summed E-state index contributed by atoms with van der Waals surface area (Å²) in [5, 5.41) is 17.9. The van der Waals surface area contributed by atoms with Gasteiger partial charge in [-0.25, -0.2) is 18.2 Å². The van der Waals surface area contributed by atoms with Crippen LogP contribution < -0.4 is 15.4 Å². The van der Waals surface area contributed by atoms with Gasteiger partial charge in [0, 0.05) is 17.5 Å². The number of allylic oxidation sites excluding steroid dienone is 1. The molecule has 2 N–H and O–H groups in total. The van der Waals surface area contributed by atoms with Gasteiger partial charge >= 0.3 is 6.18 Å². The van der Waals surface area contributed by atoms with E-state index in [-0.39, 0.29) is 22.2 Å². The summed E-state index contributed by atoms with van der Waals surface area (Å²) in [4.78, 5) is 16.7. The number of anilines is 1. The van der Waals surface area contributed by atoms with E-state index in [1.54, 1.807) is 0 Å². The van der Waals surface area contributed by atoms with Crippen LogP contribution in [0.1, 0.15) is 24.3 Å². The highest BCUT2D eigenvalue weighted by Crippen LogP contribution is 2.38. The van der Waals surface area contributed by atoms with Gasteiger partial charge in [-0.05, 0) is 37.3 Å². The zero-order chi connectivity index (χ0) is 27.1. The summed E-state index contributed by atoms with van der Waals surface area (Å²) in [5.74, 6) is -4.50. The van der Waals surface area contributed by atoms with Gasteiger partial charge in [-0.15, -0.1) is 0 Å². The van der Waals surface area contributed by atoms with Gasteiger partial charge in [-0.2, -0.15) is 13.2 Å². The molecule has 1 aliphatic heterocycles. The first kappa shape index (κ1) is 25.8. The topological polar surface area (TPSA) is 89.5 Å². The normalized spacial score (nSPS) is 15.6. The molecule has 194 valence electrons. The Hall–Kier alpha value is -4.26. The molecule has 0 radical (unpaired) electrons. The van der Waals surface area contributed by atoms with Gasteiger partial charge < -0.3 is 25.6 Å². The van der Waals surface area contributed by atoms with E-state index in [4.69, 9.17) is 4.74 Å². The molecule has 0 saturated heterocycles. The number of ether oxygens (including phenoxy) is 1. The average molecular weight is 523 g/mol. The number of carbonyl (C=O) groups excluding carboxylic acids is 1. The zero-order valence-electron chi connectivity index (χ0n) is 19.1. The van der Waals surface area contributed by atoms with Crippen LogP contribution in [0.15, 0.2) is 59.9 Å². The number of carbonyl (C=O) groups is 1. The molecule has 0 aliphatic carbocycles. The number of pyridine rings is 1. The van der Waals surface area contributed by atoms with Crippen molar-refractivity contribution in [3.05, 3.63) is 93.8 Å². The van der Waals surface area contributed by atoms with E-state index in [0.717, 1.165) is 43.5 Å². The third-order valence-corrected chi connectivity index (χ3v) is 5.47. The molecule has 0 saturated carbocycles. The molecular weight excluding hydrogens is 506 g/mol. The summed E-state index contributed by atoms with van der Waals surface area (Å²) in [7, 11) is 1.13. The van der Waals surface area contributed by atoms with E-state index in [2.05, 4.69) is 15.6 Å². The zero-order valence-corrected chi connectivity index (χ0v) is 19.1. The Labute approximate surface area is 206 Å². The van der Waals surface area contributed by atoms with Crippen molar-refractivity contribution in [2.24, 2.45) is 0 Å². The number of rotatable bonds is 5. The average Bonchev–Trinajstić information content (AvgIpc) is 3.12. The predicted molar refractivity (Wildman–Crippen MR) is 120 cm³/mol. The molecule has 1 amide bonds. The van der Waals surface area contributed by atoms with E-state index in [0.29, 0.717) is 6.07 Å². The number of hydrogen-bond donors (Lipinski definition) is 2. The number of methoxy groups -OCH3 is 1. The SMILES string of the molecule is COc1cc(F)c(C2NC(C)=C(C(=O)Nc3cccc(C(F)(F)F)c3)N2[O-])nc1-c1c(F)cccc1F. The summed E-state index contributed by atoms with van der Waals surface area (Å²) < 4.78 is 87.8. The number of hydrogen-bond acceptors (Lipinski definition) is 6. The fraction of sp³-hybridized carbons (Fsp3) is 0.167. The van der Waals surface area contributed by atoms with Crippen LogP contribution in [0.5, 0.6) is 5.75 Å². The van der Waals surface area contributed by atoms with Crippen molar-refractivity contribution in [2.75, 3.05) is 12.4 Å². The molecule has 3 aromatic rings. The Morgan fingerprint density at radius 3 is 2.35 bits per heavy atom. The number of halogens is 6. The summed E-state index contributed by atoms with van der Waals surface area (Å²) in [5.41, 5.74) is -3.50. The molecule has 37 heavy (non-hydrogen) atoms. The van der Waals surface area contributed by atoms with E-state index in [9.17, 15) is 36.3 Å². The van der Waals surface area contributed by atoms with Crippen molar-refractivity contribution in [2.45, 2.75) is 19.3 Å². The van der Waals surface area contributed by atoms with Crippen molar-refractivity contribution in [3.8, 4) is 17.0 Å². The first-order valence-corrected chi connectivity index (χ1v) is 10.5. The van der Waals surface area contributed by atoms with Crippen LogP contribution in [0.25, 0.3) is 11.3 Å². The third kappa shape index (κ3) is 4.89. The summed E-state index contributed by atoms with van der Waals surface area (Å²) >= 11 is 0. The highest BCUT2D eigenvalue weighted by Gasteiger charge is 2.34. The van der Waals surface area contributed by atoms with Crippen molar-refractivity contribution < 1.29 is 35.9 Å². The Morgan fingerprint density at radius 1 is 1.08 bits per heavy atom. The van der Waals surface area contributed by atoms with Gasteiger partial charge in [-0.1, -0.05) is 12.1 Å². The number of hydroxylamine groups is 2. The number of amides is 1. The van der Waals surface area contributed by atoms with Gasteiger partial charge in [0.05, 0.1) is 18.2 Å². The van der Waals surface area contributed by atoms with Gasteiger partial charge in [0.2, 0.25) is 0 Å². The molecule has 4 rings (SSSR count). The molecule has 1 atom stereocenters. The number of aromatic nitrogens is 1. The van der Waals surface area contributed by atoms with E-state index >= 15 is 0 Å². The molecular formula is C24H17F6N4O3-. The van der Waals surface area contributed by atoms with Crippen LogP contribution in [-0.2, 0) is 11.0 Å². The second-order valence-electron chi connectivity index (χ2n) is 7.88. The van der Waals surface area contributed by atoms with Gasteiger partial charge in [0.25, 0.3) is 5.91 Å². The van der Waals surface area contributed by atoms with Crippen molar-refractivity contribution in [1.29, 1.82) is 0 Å². The standard InChI is InChI=1S/C24H17F6N4O3/c1-11-21(23(35)32-13-6-3-5-12(9-13)24(28,29)30)34(36)22(31-11)19-16(27)10-17(37-2)20(33-19)18-14(25)7-4-8-15(18)26/h3-10,22,31H,1-2H3,(H,32,35)/q-1. The quantitative estimate of drug-likeness (QED) is 0.432. The van der Waals surface area contributed by atoms with Crippen LogP contribution in [-0.4, -0.2) is 23.1 Å². The Bertz CT molecular complexity index is 1390. The molecule has 0 spiro atoms. The molecule has 2 heterocycles. The van der Waals surface area contributed by atoms with Crippen LogP contribution in [0, 0.1) is 22.7 Å². The Balaban J connectivity index is 1.67. The summed E-state index contributed by atoms with van der Waals surface area (Å²) in [6, 6.07) is 7.57. The fourth-order valence-corrected chi connectivity index (χ4v) is 3.78. The molecule has 1 aromatic heterocycles. The lowest BCUT2D eigenvalue weighted by molar-refractivity contribution is -0.137. The predicted octanol–water partition coefficient (Wildman–Crippen LogP) is 5.47. The van der Waals surface area contributed by atoms with Crippen LogP contribution in [0.2, 0.25) is 0 Å². The largest absolute Gasteiger partial charge is 0.756 e. The molecule has 13 heteroatoms. The lowest BCUT2D eigenvalue weighted by atomic mass is 10.1. The van der Waals surface area contributed by atoms with Crippen LogP contribution in [0.3, 0.4) is 0 Å². The first-order chi connectivity index (χ1) is 17.4. The Kier molecular flexibility index (Phi) is 6.74. The first-order valence-electron chi connectivity index (χ1n) is 10.5. The second-order valence-corrected chi connectivity index (χ2v) is 7.88. The number of alkyl halides is 3. The Morgan fingerprint density at radius 2 is 1.73 bits per heavy atom. The van der Waals surface area contributed by atoms with Crippen molar-refractivity contribution in [1.82, 2.24) is 15.4 Å². The summed E-state index contributed by atoms with van der Waals surface area (Å²) in [6.07, 6.45) is -6.30. The smallest absolute Gasteiger partial charge is 0.416 e. The highest BCUT2D eigenvalue weighted by atomic mass is 19.4. The molecule has 7 nitrogen and oxygen atoms in total. The highest BCUT2D eigenvalue weighted by molar-refractivity contribution is 6.04. The number of benzene rings is 2. The minimum atomic E-state index is -4.66. The fourth-order valence-electron chi connectivity index (χ4n) is 3.78. The monoisotopic (exact) mass is 523 g/mol. The van der Waals surface area contributed by atoms with E-state index in [1.807, 2.05) is 0 Å². The van der Waals surface area contributed by atoms with Gasteiger partial charge in [0.1, 0.15) is 40.6 Å². The summed E-state index contributed by atoms with van der Waals surface area (Å²) in [6.45, 7) is 1.31. The minimum absolute atomic E-state index is 0.0416. The van der Waals surface area contributed by atoms with Crippen molar-refractivity contribution in [3.63, 3.8) is 0 Å². The van der Waals surface area contributed by atoms with E-state index < -0.39 is 63.9 Å². The van der Waals surface area contributed by atoms with E-state index in [1.165, 1.54) is 13.0 Å². The number of nitrogens with zero attached hydrogens (tertiary/aromatic N) is 2. The van der Waals surface area contributed by atoms with Crippen molar-refractivity contribution >= 4 is 11.6 Å². The minimum Gasteiger partial charge on any atom is -0.756 e. The molecule has 1 unspecified atom stereocenters. The maximum Gasteiger partial charge on any atom is 0.416 e. The van der Waals surface area contributed by atoms with Crippen LogP contribution >= 0.6 is 0 Å². The third-order valence-electron chi connectivity index (χ3n) is 5.47. The molecule has 2 aromatic carbocycles.